The van der Waals surface area contributed by atoms with E-state index in [4.69, 9.17) is 20.3 Å². The van der Waals surface area contributed by atoms with E-state index in [9.17, 15) is 27.7 Å². The van der Waals surface area contributed by atoms with Gasteiger partial charge < -0.3 is 30.9 Å². The van der Waals surface area contributed by atoms with Gasteiger partial charge in [-0.2, -0.15) is 8.78 Å². The van der Waals surface area contributed by atoms with Crippen LogP contribution in [0.5, 0.6) is 5.75 Å². The van der Waals surface area contributed by atoms with E-state index in [2.05, 4.69) is 10.6 Å². The average Bonchev–Trinajstić information content (AvgIpc) is 3.16. The molecule has 44 heavy (non-hydrogen) atoms. The lowest BCUT2D eigenvalue weighted by Crippen LogP contribution is -2.48. The van der Waals surface area contributed by atoms with E-state index in [-0.39, 0.29) is 12.0 Å². The van der Waals surface area contributed by atoms with Crippen molar-refractivity contribution >= 4 is 25.3 Å². The molecule has 2 aliphatic rings. The first kappa shape index (κ1) is 33.6. The standard InChI is InChI=1S/C31H40F2N3O7P/c1-19(37)35-27(15-20-11-13-23(14-12-20)31(32,33)44(40,41)42)30(39)36-26-10-6-5-9-22-16-28(25(29(34)38)17-24(22)26)43-18-21-7-3-2-4-8-21/h11-14,16-17,21,26-27H,2-10,15,18H2,1H3,(H2,34,38)(H,35,37)(H,36,39)(H2,40,41,42)/t26-,27-/m0/s1. The quantitative estimate of drug-likeness (QED) is 0.178. The second kappa shape index (κ2) is 14.2. The van der Waals surface area contributed by atoms with Gasteiger partial charge in [-0.05, 0) is 66.8 Å². The molecule has 0 saturated heterocycles. The molecule has 0 radical (unpaired) electrons. The summed E-state index contributed by atoms with van der Waals surface area (Å²) in [6.07, 6.45) is 8.63. The molecule has 2 atom stereocenters. The van der Waals surface area contributed by atoms with E-state index >= 15 is 0 Å². The van der Waals surface area contributed by atoms with Gasteiger partial charge in [-0.1, -0.05) is 49.9 Å². The summed E-state index contributed by atoms with van der Waals surface area (Å²) in [4.78, 5) is 56.0. The summed E-state index contributed by atoms with van der Waals surface area (Å²) in [6, 6.07) is 6.23. The number of nitrogens with two attached hydrogens (primary N) is 1. The topological polar surface area (TPSA) is 168 Å². The van der Waals surface area contributed by atoms with Gasteiger partial charge in [0, 0.05) is 18.9 Å². The molecule has 240 valence electrons. The Morgan fingerprint density at radius 3 is 2.32 bits per heavy atom. The van der Waals surface area contributed by atoms with Gasteiger partial charge in [0.05, 0.1) is 18.2 Å². The molecule has 2 aromatic rings. The minimum atomic E-state index is -5.73. The van der Waals surface area contributed by atoms with Crippen LogP contribution >= 0.6 is 7.60 Å². The van der Waals surface area contributed by atoms with E-state index < -0.39 is 48.6 Å². The van der Waals surface area contributed by atoms with Crippen molar-refractivity contribution in [1.82, 2.24) is 10.6 Å². The Morgan fingerprint density at radius 2 is 1.70 bits per heavy atom. The summed E-state index contributed by atoms with van der Waals surface area (Å²) in [7, 11) is -5.73. The first-order valence-electron chi connectivity index (χ1n) is 15.0. The van der Waals surface area contributed by atoms with Crippen molar-refractivity contribution in [2.24, 2.45) is 11.7 Å². The van der Waals surface area contributed by atoms with Gasteiger partial charge in [-0.25, -0.2) is 0 Å². The highest BCUT2D eigenvalue weighted by molar-refractivity contribution is 7.52. The molecule has 0 aliphatic heterocycles. The zero-order valence-corrected chi connectivity index (χ0v) is 25.6. The van der Waals surface area contributed by atoms with Crippen LogP contribution in [0.3, 0.4) is 0 Å². The third-order valence-corrected chi connectivity index (χ3v) is 9.38. The van der Waals surface area contributed by atoms with Crippen LogP contribution in [0.4, 0.5) is 8.78 Å². The average molecular weight is 636 g/mol. The maximum Gasteiger partial charge on any atom is 0.399 e. The fourth-order valence-corrected chi connectivity index (χ4v) is 6.48. The van der Waals surface area contributed by atoms with Crippen LogP contribution in [0.25, 0.3) is 0 Å². The highest BCUT2D eigenvalue weighted by Crippen LogP contribution is 2.59. The number of rotatable bonds is 11. The fourth-order valence-electron chi connectivity index (χ4n) is 5.99. The lowest BCUT2D eigenvalue weighted by molar-refractivity contribution is -0.128. The Balaban J connectivity index is 1.54. The van der Waals surface area contributed by atoms with Crippen molar-refractivity contribution in [2.45, 2.75) is 88.9 Å². The highest BCUT2D eigenvalue weighted by atomic mass is 31.2. The molecule has 0 bridgehead atoms. The van der Waals surface area contributed by atoms with Crippen LogP contribution in [0.1, 0.15) is 96.9 Å². The van der Waals surface area contributed by atoms with Gasteiger partial charge in [-0.3, -0.25) is 18.9 Å². The molecule has 13 heteroatoms. The smallest absolute Gasteiger partial charge is 0.399 e. The van der Waals surface area contributed by atoms with Gasteiger partial charge >= 0.3 is 13.3 Å². The number of hydrogen-bond donors (Lipinski definition) is 5. The Morgan fingerprint density at radius 1 is 1.05 bits per heavy atom. The lowest BCUT2D eigenvalue weighted by atomic mass is 9.90. The summed E-state index contributed by atoms with van der Waals surface area (Å²) < 4.78 is 45.5. The van der Waals surface area contributed by atoms with Crippen molar-refractivity contribution < 1.29 is 42.3 Å². The normalized spacial score (nSPS) is 18.4. The largest absolute Gasteiger partial charge is 0.492 e. The number of amides is 3. The van der Waals surface area contributed by atoms with Crippen molar-refractivity contribution in [1.29, 1.82) is 0 Å². The van der Waals surface area contributed by atoms with Gasteiger partial charge in [0.25, 0.3) is 5.91 Å². The van der Waals surface area contributed by atoms with Crippen molar-refractivity contribution in [3.63, 3.8) is 0 Å². The molecule has 0 unspecified atom stereocenters. The van der Waals surface area contributed by atoms with Crippen molar-refractivity contribution in [3.05, 3.63) is 64.2 Å². The summed E-state index contributed by atoms with van der Waals surface area (Å²) >= 11 is 0. The van der Waals surface area contributed by atoms with Gasteiger partial charge in [-0.15, -0.1) is 0 Å². The zero-order chi connectivity index (χ0) is 32.1. The Bertz CT molecular complexity index is 1410. The molecular weight excluding hydrogens is 595 g/mol. The molecule has 0 spiro atoms. The molecule has 4 rings (SSSR count). The fraction of sp³-hybridized carbons (Fsp3) is 0.516. The molecular formula is C31H40F2N3O7P. The van der Waals surface area contributed by atoms with Gasteiger partial charge in [0.15, 0.2) is 0 Å². The second-order valence-corrected chi connectivity index (χ2v) is 13.4. The number of hydrogen-bond acceptors (Lipinski definition) is 5. The number of benzene rings is 2. The minimum Gasteiger partial charge on any atom is -0.492 e. The minimum absolute atomic E-state index is 0.0623. The molecule has 0 aromatic heterocycles. The number of primary amides is 1. The number of ether oxygens (including phenoxy) is 1. The predicted octanol–water partition coefficient (Wildman–Crippen LogP) is 4.60. The maximum absolute atomic E-state index is 14.1. The molecule has 2 aromatic carbocycles. The Hall–Kier alpha value is -3.34. The van der Waals surface area contributed by atoms with E-state index in [0.29, 0.717) is 30.3 Å². The molecule has 6 N–H and O–H groups in total. The highest BCUT2D eigenvalue weighted by Gasteiger charge is 2.50. The molecule has 0 heterocycles. The number of nitrogens with one attached hydrogen (secondary N) is 2. The van der Waals surface area contributed by atoms with Crippen LogP contribution in [0.2, 0.25) is 0 Å². The maximum atomic E-state index is 14.1. The Labute approximate surface area is 255 Å². The number of carbonyl (C=O) groups excluding carboxylic acids is 3. The number of halogens is 2. The van der Waals surface area contributed by atoms with E-state index in [1.807, 2.05) is 6.07 Å². The molecule has 2 aliphatic carbocycles. The van der Waals surface area contributed by atoms with Gasteiger partial charge in [0.2, 0.25) is 11.8 Å². The van der Waals surface area contributed by atoms with Crippen LogP contribution in [-0.4, -0.2) is 40.2 Å². The van der Waals surface area contributed by atoms with E-state index in [1.54, 1.807) is 6.07 Å². The molecule has 10 nitrogen and oxygen atoms in total. The first-order valence-corrected chi connectivity index (χ1v) is 16.6. The van der Waals surface area contributed by atoms with Crippen molar-refractivity contribution in [3.8, 4) is 5.75 Å². The number of carbonyl (C=O) groups is 3. The second-order valence-electron chi connectivity index (χ2n) is 11.8. The van der Waals surface area contributed by atoms with Gasteiger partial charge in [0.1, 0.15) is 11.8 Å². The molecule has 1 saturated carbocycles. The third kappa shape index (κ3) is 8.22. The van der Waals surface area contributed by atoms with Crippen LogP contribution in [0, 0.1) is 5.92 Å². The Kier molecular flexibility index (Phi) is 10.8. The SMILES string of the molecule is CC(=O)N[C@@H](Cc1ccc(C(F)(F)P(=O)(O)O)cc1)C(=O)N[C@H]1CCCCc2cc(OCC3CCCCC3)c(C(N)=O)cc21. The monoisotopic (exact) mass is 635 g/mol. The van der Waals surface area contributed by atoms with Crippen LogP contribution < -0.4 is 21.1 Å². The summed E-state index contributed by atoms with van der Waals surface area (Å²) in [6.45, 7) is 1.76. The number of fused-ring (bicyclic) bond motifs is 1. The summed E-state index contributed by atoms with van der Waals surface area (Å²) in [5, 5.41) is 5.59. The van der Waals surface area contributed by atoms with E-state index in [0.717, 1.165) is 55.4 Å². The summed E-state index contributed by atoms with van der Waals surface area (Å²) in [5.41, 5.74) is 2.84. The molecule has 1 fully saturated rings. The number of aryl methyl sites for hydroxylation is 1. The molecule has 3 amide bonds. The lowest BCUT2D eigenvalue weighted by Gasteiger charge is -2.26. The van der Waals surface area contributed by atoms with Crippen LogP contribution in [0.15, 0.2) is 36.4 Å². The third-order valence-electron chi connectivity index (χ3n) is 8.39. The summed E-state index contributed by atoms with van der Waals surface area (Å²) in [5.74, 6) is -0.755. The zero-order valence-electron chi connectivity index (χ0n) is 24.7. The van der Waals surface area contributed by atoms with Crippen LogP contribution in [-0.2, 0) is 32.7 Å². The predicted molar refractivity (Wildman–Crippen MR) is 159 cm³/mol. The first-order chi connectivity index (χ1) is 20.8. The van der Waals surface area contributed by atoms with Crippen molar-refractivity contribution in [2.75, 3.05) is 6.61 Å². The van der Waals surface area contributed by atoms with E-state index in [1.165, 1.54) is 38.3 Å². The number of alkyl halides is 2.